The Morgan fingerprint density at radius 2 is 1.88 bits per heavy atom. The number of anilines is 1. The molecule has 2 aromatic carbocycles. The first-order chi connectivity index (χ1) is 11.6. The van der Waals surface area contributed by atoms with E-state index in [2.05, 4.69) is 10.6 Å². The second-order valence-corrected chi connectivity index (χ2v) is 7.19. The van der Waals surface area contributed by atoms with E-state index in [1.165, 1.54) is 0 Å². The van der Waals surface area contributed by atoms with Crippen LogP contribution in [0.25, 0.3) is 0 Å². The van der Waals surface area contributed by atoms with Gasteiger partial charge in [-0.2, -0.15) is 11.8 Å². The minimum absolute atomic E-state index is 0.583. The minimum atomic E-state index is 0.583. The van der Waals surface area contributed by atoms with E-state index in [1.807, 2.05) is 42.5 Å². The zero-order valence-corrected chi connectivity index (χ0v) is 16.3. The van der Waals surface area contributed by atoms with Gasteiger partial charge in [-0.3, -0.25) is 0 Å². The van der Waals surface area contributed by atoms with Crippen LogP contribution in [0.5, 0.6) is 5.75 Å². The van der Waals surface area contributed by atoms with E-state index in [0.29, 0.717) is 15.2 Å². The Kier molecular flexibility index (Phi) is 7.99. The molecule has 0 aliphatic carbocycles. The van der Waals surface area contributed by atoms with E-state index in [4.69, 9.17) is 40.2 Å². The molecule has 0 aliphatic rings. The molecule has 0 aromatic heterocycles. The molecular weight excluding hydrogens is 383 g/mol. The third kappa shape index (κ3) is 6.06. The topological polar surface area (TPSA) is 33.3 Å². The summed E-state index contributed by atoms with van der Waals surface area (Å²) < 4.78 is 5.18. The second kappa shape index (κ2) is 9.99. The predicted molar refractivity (Wildman–Crippen MR) is 110 cm³/mol. The van der Waals surface area contributed by atoms with Crippen LogP contribution in [0.4, 0.5) is 5.69 Å². The fraction of sp³-hybridized carbons (Fsp3) is 0.235. The van der Waals surface area contributed by atoms with Crippen molar-refractivity contribution in [2.75, 3.05) is 24.7 Å². The molecule has 0 saturated carbocycles. The summed E-state index contributed by atoms with van der Waals surface area (Å²) in [6, 6.07) is 13.2. The number of hydrogen-bond acceptors (Lipinski definition) is 3. The average molecular weight is 401 g/mol. The summed E-state index contributed by atoms with van der Waals surface area (Å²) in [4.78, 5) is 0. The molecule has 24 heavy (non-hydrogen) atoms. The van der Waals surface area contributed by atoms with Crippen LogP contribution in [0.3, 0.4) is 0 Å². The standard InChI is InChI=1S/C17H18Cl2N2OS2/c1-22-13-5-2-4-12(10-13)21-17(23)20-8-9-24-11-14-15(18)6-3-7-16(14)19/h2-7,10H,8-9,11H2,1H3,(H2,20,21,23). The number of methoxy groups -OCH3 is 1. The van der Waals surface area contributed by atoms with Crippen molar-refractivity contribution < 1.29 is 4.74 Å². The average Bonchev–Trinajstić information content (AvgIpc) is 2.57. The SMILES string of the molecule is COc1cccc(NC(=S)NCCSCc2c(Cl)cccc2Cl)c1. The Balaban J connectivity index is 1.69. The number of nitrogens with one attached hydrogen (secondary N) is 2. The summed E-state index contributed by atoms with van der Waals surface area (Å²) in [5, 5.41) is 8.31. The maximum atomic E-state index is 6.15. The first-order valence-corrected chi connectivity index (χ1v) is 9.61. The van der Waals surface area contributed by atoms with Crippen LogP contribution in [-0.4, -0.2) is 24.5 Å². The molecule has 2 aromatic rings. The van der Waals surface area contributed by atoms with Gasteiger partial charge in [0.25, 0.3) is 0 Å². The second-order valence-electron chi connectivity index (χ2n) is 4.87. The van der Waals surface area contributed by atoms with Crippen LogP contribution in [0.2, 0.25) is 10.0 Å². The molecule has 7 heteroatoms. The highest BCUT2D eigenvalue weighted by Gasteiger charge is 2.05. The molecule has 0 radical (unpaired) electrons. The van der Waals surface area contributed by atoms with Crippen molar-refractivity contribution in [2.45, 2.75) is 5.75 Å². The summed E-state index contributed by atoms with van der Waals surface area (Å²) in [5.74, 6) is 2.45. The Morgan fingerprint density at radius 3 is 2.58 bits per heavy atom. The minimum Gasteiger partial charge on any atom is -0.497 e. The summed E-state index contributed by atoms with van der Waals surface area (Å²) in [7, 11) is 1.64. The molecule has 128 valence electrons. The Labute approximate surface area is 162 Å². The van der Waals surface area contributed by atoms with Gasteiger partial charge >= 0.3 is 0 Å². The monoisotopic (exact) mass is 400 g/mol. The van der Waals surface area contributed by atoms with Gasteiger partial charge in [0.15, 0.2) is 5.11 Å². The highest BCUT2D eigenvalue weighted by molar-refractivity contribution is 7.98. The van der Waals surface area contributed by atoms with Crippen molar-refractivity contribution in [3.05, 3.63) is 58.1 Å². The van der Waals surface area contributed by atoms with E-state index < -0.39 is 0 Å². The molecule has 3 nitrogen and oxygen atoms in total. The molecule has 0 atom stereocenters. The Hall–Kier alpha value is -1.14. The van der Waals surface area contributed by atoms with Gasteiger partial charge in [0.2, 0.25) is 0 Å². The lowest BCUT2D eigenvalue weighted by Gasteiger charge is -2.11. The number of thiocarbonyl (C=S) groups is 1. The van der Waals surface area contributed by atoms with Crippen molar-refractivity contribution in [2.24, 2.45) is 0 Å². The van der Waals surface area contributed by atoms with Gasteiger partial charge in [0.1, 0.15) is 5.75 Å². The highest BCUT2D eigenvalue weighted by atomic mass is 35.5. The van der Waals surface area contributed by atoms with Crippen LogP contribution < -0.4 is 15.4 Å². The largest absolute Gasteiger partial charge is 0.497 e. The molecule has 0 unspecified atom stereocenters. The van der Waals surface area contributed by atoms with E-state index in [-0.39, 0.29) is 0 Å². The van der Waals surface area contributed by atoms with E-state index in [0.717, 1.165) is 35.1 Å². The number of hydrogen-bond donors (Lipinski definition) is 2. The number of ether oxygens (including phenoxy) is 1. The van der Waals surface area contributed by atoms with Gasteiger partial charge in [0.05, 0.1) is 7.11 Å². The Bertz CT molecular complexity index is 678. The Morgan fingerprint density at radius 1 is 1.17 bits per heavy atom. The maximum Gasteiger partial charge on any atom is 0.170 e. The lowest BCUT2D eigenvalue weighted by atomic mass is 10.2. The quantitative estimate of drug-likeness (QED) is 0.491. The van der Waals surface area contributed by atoms with Crippen LogP contribution in [-0.2, 0) is 5.75 Å². The normalized spacial score (nSPS) is 10.3. The first-order valence-electron chi connectivity index (χ1n) is 7.29. The number of halogens is 2. The first kappa shape index (κ1) is 19.2. The third-order valence-corrected chi connectivity index (χ3v) is 5.11. The van der Waals surface area contributed by atoms with E-state index in [9.17, 15) is 0 Å². The van der Waals surface area contributed by atoms with Crippen molar-refractivity contribution in [1.29, 1.82) is 0 Å². The van der Waals surface area contributed by atoms with Gasteiger partial charge in [0, 0.05) is 39.8 Å². The van der Waals surface area contributed by atoms with Crippen molar-refractivity contribution in [3.8, 4) is 5.75 Å². The lowest BCUT2D eigenvalue weighted by Crippen LogP contribution is -2.30. The fourth-order valence-corrected chi connectivity index (χ4v) is 3.77. The van der Waals surface area contributed by atoms with Crippen LogP contribution >= 0.6 is 47.2 Å². The van der Waals surface area contributed by atoms with Crippen molar-refractivity contribution in [1.82, 2.24) is 5.32 Å². The molecule has 0 fully saturated rings. The summed E-state index contributed by atoms with van der Waals surface area (Å²) in [6.45, 7) is 0.753. The van der Waals surface area contributed by atoms with Gasteiger partial charge in [-0.1, -0.05) is 35.3 Å². The molecule has 0 aliphatic heterocycles. The number of benzene rings is 2. The molecule has 2 rings (SSSR count). The summed E-state index contributed by atoms with van der Waals surface area (Å²) in [5.41, 5.74) is 1.87. The molecule has 0 heterocycles. The molecule has 0 amide bonds. The van der Waals surface area contributed by atoms with Crippen LogP contribution in [0.1, 0.15) is 5.56 Å². The molecule has 0 spiro atoms. The molecule has 0 saturated heterocycles. The molecular formula is C17H18Cl2N2OS2. The maximum absolute atomic E-state index is 6.15. The number of thioether (sulfide) groups is 1. The molecule has 0 bridgehead atoms. The van der Waals surface area contributed by atoms with Crippen LogP contribution in [0, 0.1) is 0 Å². The number of rotatable bonds is 7. The van der Waals surface area contributed by atoms with Crippen molar-refractivity contribution >= 4 is 58.0 Å². The summed E-state index contributed by atoms with van der Waals surface area (Å²) >= 11 is 19.3. The van der Waals surface area contributed by atoms with Gasteiger partial charge in [-0.25, -0.2) is 0 Å². The van der Waals surface area contributed by atoms with Gasteiger partial charge < -0.3 is 15.4 Å². The third-order valence-electron chi connectivity index (χ3n) is 3.17. The van der Waals surface area contributed by atoms with E-state index in [1.54, 1.807) is 18.9 Å². The molecule has 2 N–H and O–H groups in total. The van der Waals surface area contributed by atoms with Crippen molar-refractivity contribution in [3.63, 3.8) is 0 Å². The van der Waals surface area contributed by atoms with E-state index >= 15 is 0 Å². The lowest BCUT2D eigenvalue weighted by molar-refractivity contribution is 0.415. The summed E-state index contributed by atoms with van der Waals surface area (Å²) in [6.07, 6.45) is 0. The fourth-order valence-electron chi connectivity index (χ4n) is 1.96. The van der Waals surface area contributed by atoms with Gasteiger partial charge in [-0.05, 0) is 42.0 Å². The van der Waals surface area contributed by atoms with Gasteiger partial charge in [-0.15, -0.1) is 0 Å². The van der Waals surface area contributed by atoms with Crippen LogP contribution in [0.15, 0.2) is 42.5 Å². The smallest absolute Gasteiger partial charge is 0.170 e. The predicted octanol–water partition coefficient (Wildman–Crippen LogP) is 5.22. The zero-order valence-electron chi connectivity index (χ0n) is 13.1. The highest BCUT2D eigenvalue weighted by Crippen LogP contribution is 2.27. The zero-order chi connectivity index (χ0) is 17.4.